The van der Waals surface area contributed by atoms with E-state index in [1.54, 1.807) is 0 Å². The molecule has 2 aromatic rings. The van der Waals surface area contributed by atoms with Crippen LogP contribution in [0.2, 0.25) is 0 Å². The summed E-state index contributed by atoms with van der Waals surface area (Å²) in [5, 5.41) is 13.3. The molecule has 2 N–H and O–H groups in total. The third-order valence-electron chi connectivity index (χ3n) is 4.86. The highest BCUT2D eigenvalue weighted by molar-refractivity contribution is 5.83. The van der Waals surface area contributed by atoms with Crippen molar-refractivity contribution in [3.05, 3.63) is 71.3 Å². The van der Waals surface area contributed by atoms with Crippen molar-refractivity contribution in [3.63, 3.8) is 0 Å². The Morgan fingerprint density at radius 1 is 1.17 bits per heavy atom. The molecule has 0 aromatic heterocycles. The molecule has 3 heteroatoms. The fraction of sp³-hybridized carbons (Fsp3) is 0.381. The second-order valence-electron chi connectivity index (χ2n) is 6.88. The lowest BCUT2D eigenvalue weighted by molar-refractivity contribution is -0.123. The van der Waals surface area contributed by atoms with Gasteiger partial charge in [0, 0.05) is 12.0 Å². The average Bonchev–Trinajstić information content (AvgIpc) is 3.36. The molecule has 1 saturated carbocycles. The van der Waals surface area contributed by atoms with Gasteiger partial charge in [-0.3, -0.25) is 4.79 Å². The maximum absolute atomic E-state index is 12.4. The number of amides is 1. The van der Waals surface area contributed by atoms with Crippen LogP contribution in [0.3, 0.4) is 0 Å². The molecule has 0 bridgehead atoms. The fourth-order valence-electron chi connectivity index (χ4n) is 3.39. The summed E-state index contributed by atoms with van der Waals surface area (Å²) in [7, 11) is 0. The Morgan fingerprint density at radius 2 is 1.83 bits per heavy atom. The first-order valence-corrected chi connectivity index (χ1v) is 8.65. The molecule has 3 nitrogen and oxygen atoms in total. The summed E-state index contributed by atoms with van der Waals surface area (Å²) in [5.41, 5.74) is 3.43. The number of benzene rings is 2. The summed E-state index contributed by atoms with van der Waals surface area (Å²) in [6.07, 6.45) is 0.898. The molecule has 0 heterocycles. The van der Waals surface area contributed by atoms with Crippen molar-refractivity contribution in [2.75, 3.05) is 0 Å². The quantitative estimate of drug-likeness (QED) is 0.851. The summed E-state index contributed by atoms with van der Waals surface area (Å²) in [6, 6.07) is 17.8. The highest BCUT2D eigenvalue weighted by Crippen LogP contribution is 2.48. The SMILES string of the molecule is Cc1ccccc1C1CC1C(=O)NC(C)CC(O)c1ccccc1. The van der Waals surface area contributed by atoms with Crippen LogP contribution in [0.25, 0.3) is 0 Å². The summed E-state index contributed by atoms with van der Waals surface area (Å²) >= 11 is 0. The Hall–Kier alpha value is -2.13. The Balaban J connectivity index is 1.52. The van der Waals surface area contributed by atoms with Gasteiger partial charge in [0.1, 0.15) is 0 Å². The molecule has 1 aliphatic carbocycles. The monoisotopic (exact) mass is 323 g/mol. The number of hydrogen-bond acceptors (Lipinski definition) is 2. The molecular weight excluding hydrogens is 298 g/mol. The standard InChI is InChI=1S/C21H25NO2/c1-14-8-6-7-11-17(14)18-13-19(18)21(24)22-15(2)12-20(23)16-9-4-3-5-10-16/h3-11,15,18-20,23H,12-13H2,1-2H3,(H,22,24). The topological polar surface area (TPSA) is 49.3 Å². The van der Waals surface area contributed by atoms with E-state index in [0.29, 0.717) is 12.3 Å². The van der Waals surface area contributed by atoms with Gasteiger partial charge in [0.2, 0.25) is 5.91 Å². The van der Waals surface area contributed by atoms with Crippen molar-refractivity contribution in [2.45, 2.75) is 44.8 Å². The number of carbonyl (C=O) groups excluding carboxylic acids is 1. The van der Waals surface area contributed by atoms with E-state index in [9.17, 15) is 9.90 Å². The molecule has 3 rings (SSSR count). The molecule has 0 radical (unpaired) electrons. The van der Waals surface area contributed by atoms with Gasteiger partial charge in [0.25, 0.3) is 0 Å². The van der Waals surface area contributed by atoms with Crippen molar-refractivity contribution in [3.8, 4) is 0 Å². The molecule has 126 valence electrons. The van der Waals surface area contributed by atoms with Gasteiger partial charge in [0.15, 0.2) is 0 Å². The first-order valence-electron chi connectivity index (χ1n) is 8.65. The summed E-state index contributed by atoms with van der Waals surface area (Å²) in [5.74, 6) is 0.524. The molecular formula is C21H25NO2. The van der Waals surface area contributed by atoms with Crippen molar-refractivity contribution in [2.24, 2.45) is 5.92 Å². The first-order chi connectivity index (χ1) is 11.6. The largest absolute Gasteiger partial charge is 0.388 e. The molecule has 0 aliphatic heterocycles. The number of aliphatic hydroxyl groups excluding tert-OH is 1. The Bertz CT molecular complexity index is 698. The number of aliphatic hydroxyl groups is 1. The van der Waals surface area contributed by atoms with Crippen LogP contribution < -0.4 is 5.32 Å². The highest BCUT2D eigenvalue weighted by atomic mass is 16.3. The van der Waals surface area contributed by atoms with Crippen molar-refractivity contribution >= 4 is 5.91 Å². The van der Waals surface area contributed by atoms with Gasteiger partial charge < -0.3 is 10.4 Å². The van der Waals surface area contributed by atoms with Crippen LogP contribution in [-0.4, -0.2) is 17.1 Å². The predicted molar refractivity (Wildman–Crippen MR) is 95.7 cm³/mol. The number of carbonyl (C=O) groups is 1. The Morgan fingerprint density at radius 3 is 2.54 bits per heavy atom. The smallest absolute Gasteiger partial charge is 0.223 e. The van der Waals surface area contributed by atoms with E-state index in [2.05, 4.69) is 24.4 Å². The van der Waals surface area contributed by atoms with E-state index in [-0.39, 0.29) is 17.9 Å². The van der Waals surface area contributed by atoms with Gasteiger partial charge in [-0.15, -0.1) is 0 Å². The first kappa shape index (κ1) is 16.7. The minimum atomic E-state index is -0.548. The van der Waals surface area contributed by atoms with Crippen LogP contribution in [-0.2, 0) is 4.79 Å². The zero-order chi connectivity index (χ0) is 17.1. The molecule has 4 atom stereocenters. The predicted octanol–water partition coefficient (Wildman–Crippen LogP) is 3.73. The van der Waals surface area contributed by atoms with E-state index in [1.807, 2.05) is 49.4 Å². The van der Waals surface area contributed by atoms with E-state index in [0.717, 1.165) is 12.0 Å². The van der Waals surface area contributed by atoms with Gasteiger partial charge in [-0.05, 0) is 49.3 Å². The van der Waals surface area contributed by atoms with Crippen LogP contribution in [0.15, 0.2) is 54.6 Å². The second kappa shape index (κ2) is 7.18. The third-order valence-corrected chi connectivity index (χ3v) is 4.86. The summed E-state index contributed by atoms with van der Waals surface area (Å²) in [6.45, 7) is 4.05. The Labute approximate surface area is 143 Å². The van der Waals surface area contributed by atoms with Crippen LogP contribution in [0.4, 0.5) is 0 Å². The molecule has 0 spiro atoms. The third kappa shape index (κ3) is 3.85. The fourth-order valence-corrected chi connectivity index (χ4v) is 3.39. The van der Waals surface area contributed by atoms with Gasteiger partial charge in [-0.1, -0.05) is 54.6 Å². The van der Waals surface area contributed by atoms with E-state index in [1.165, 1.54) is 11.1 Å². The second-order valence-corrected chi connectivity index (χ2v) is 6.88. The maximum atomic E-state index is 12.4. The zero-order valence-corrected chi connectivity index (χ0v) is 14.3. The van der Waals surface area contributed by atoms with Crippen molar-refractivity contribution in [1.29, 1.82) is 0 Å². The van der Waals surface area contributed by atoms with Crippen molar-refractivity contribution in [1.82, 2.24) is 5.32 Å². The Kier molecular flexibility index (Phi) is 5.00. The van der Waals surface area contributed by atoms with E-state index >= 15 is 0 Å². The van der Waals surface area contributed by atoms with Gasteiger partial charge in [0.05, 0.1) is 6.10 Å². The van der Waals surface area contributed by atoms with Gasteiger partial charge >= 0.3 is 0 Å². The number of aryl methyl sites for hydroxylation is 1. The molecule has 0 saturated heterocycles. The number of rotatable bonds is 6. The zero-order valence-electron chi connectivity index (χ0n) is 14.3. The maximum Gasteiger partial charge on any atom is 0.223 e. The van der Waals surface area contributed by atoms with Crippen LogP contribution in [0, 0.1) is 12.8 Å². The minimum Gasteiger partial charge on any atom is -0.388 e. The van der Waals surface area contributed by atoms with Gasteiger partial charge in [-0.25, -0.2) is 0 Å². The average molecular weight is 323 g/mol. The summed E-state index contributed by atoms with van der Waals surface area (Å²) < 4.78 is 0. The van der Waals surface area contributed by atoms with Crippen LogP contribution in [0.1, 0.15) is 48.5 Å². The normalized spacial score (nSPS) is 21.8. The van der Waals surface area contributed by atoms with Crippen LogP contribution in [0.5, 0.6) is 0 Å². The minimum absolute atomic E-state index is 0.0502. The lowest BCUT2D eigenvalue weighted by Crippen LogP contribution is -2.35. The number of nitrogens with one attached hydrogen (secondary N) is 1. The number of hydrogen-bond donors (Lipinski definition) is 2. The molecule has 1 amide bonds. The molecule has 1 aliphatic rings. The van der Waals surface area contributed by atoms with Gasteiger partial charge in [-0.2, -0.15) is 0 Å². The molecule has 24 heavy (non-hydrogen) atoms. The lowest BCUT2D eigenvalue weighted by atomic mass is 10.0. The highest BCUT2D eigenvalue weighted by Gasteiger charge is 2.44. The van der Waals surface area contributed by atoms with E-state index < -0.39 is 6.10 Å². The molecule has 2 aromatic carbocycles. The molecule has 4 unspecified atom stereocenters. The summed E-state index contributed by atoms with van der Waals surface area (Å²) in [4.78, 5) is 12.4. The molecule has 1 fully saturated rings. The van der Waals surface area contributed by atoms with Crippen LogP contribution >= 0.6 is 0 Å². The van der Waals surface area contributed by atoms with Crippen molar-refractivity contribution < 1.29 is 9.90 Å². The lowest BCUT2D eigenvalue weighted by Gasteiger charge is -2.18. The van der Waals surface area contributed by atoms with E-state index in [4.69, 9.17) is 0 Å².